The lowest BCUT2D eigenvalue weighted by Crippen LogP contribution is -2.22. The van der Waals surface area contributed by atoms with Crippen molar-refractivity contribution >= 4 is 53.2 Å². The van der Waals surface area contributed by atoms with Gasteiger partial charge >= 0.3 is 0 Å². The average molecular weight is 412 g/mol. The third-order valence-corrected chi connectivity index (χ3v) is 6.84. The van der Waals surface area contributed by atoms with Gasteiger partial charge in [0.1, 0.15) is 11.5 Å². The SMILES string of the molecule is COc1ccc(S(=O)(=O)CC(=O)Nc2nc3c(ccc4ccccc43)s2)cc1. The molecule has 0 aliphatic carbocycles. The Bertz CT molecular complexity index is 1280. The number of aromatic nitrogens is 1. The molecule has 0 fully saturated rings. The molecule has 6 nitrogen and oxygen atoms in total. The van der Waals surface area contributed by atoms with Crippen molar-refractivity contribution < 1.29 is 17.9 Å². The number of nitrogens with one attached hydrogen (secondary N) is 1. The molecule has 3 aromatic carbocycles. The summed E-state index contributed by atoms with van der Waals surface area (Å²) in [5.74, 6) is -0.736. The number of hydrogen-bond acceptors (Lipinski definition) is 6. The molecule has 28 heavy (non-hydrogen) atoms. The summed E-state index contributed by atoms with van der Waals surface area (Å²) >= 11 is 1.31. The van der Waals surface area contributed by atoms with Crippen LogP contribution in [0.15, 0.2) is 65.6 Å². The Labute approximate surface area is 165 Å². The number of fused-ring (bicyclic) bond motifs is 3. The maximum absolute atomic E-state index is 12.5. The number of carbonyl (C=O) groups excluding carboxylic acids is 1. The summed E-state index contributed by atoms with van der Waals surface area (Å²) in [7, 11) is -2.26. The van der Waals surface area contributed by atoms with Crippen LogP contribution in [0, 0.1) is 0 Å². The highest BCUT2D eigenvalue weighted by atomic mass is 32.2. The van der Waals surface area contributed by atoms with Gasteiger partial charge in [-0.3, -0.25) is 4.79 Å². The number of sulfone groups is 1. The van der Waals surface area contributed by atoms with Crippen molar-refractivity contribution in [2.45, 2.75) is 4.90 Å². The lowest BCUT2D eigenvalue weighted by Gasteiger charge is -2.05. The van der Waals surface area contributed by atoms with Crippen LogP contribution in [0.2, 0.25) is 0 Å². The van der Waals surface area contributed by atoms with Crippen molar-refractivity contribution in [3.63, 3.8) is 0 Å². The van der Waals surface area contributed by atoms with E-state index >= 15 is 0 Å². The lowest BCUT2D eigenvalue weighted by molar-refractivity contribution is -0.113. The second-order valence-electron chi connectivity index (χ2n) is 6.14. The van der Waals surface area contributed by atoms with Gasteiger partial charge < -0.3 is 10.1 Å². The fourth-order valence-corrected chi connectivity index (χ4v) is 4.94. The molecule has 4 aromatic rings. The minimum atomic E-state index is -3.76. The normalized spacial score (nSPS) is 11.6. The molecule has 1 aromatic heterocycles. The van der Waals surface area contributed by atoms with Gasteiger partial charge in [-0.2, -0.15) is 0 Å². The van der Waals surface area contributed by atoms with Crippen LogP contribution in [-0.4, -0.2) is 32.2 Å². The number of ether oxygens (including phenoxy) is 1. The Morgan fingerprint density at radius 2 is 1.82 bits per heavy atom. The van der Waals surface area contributed by atoms with E-state index in [1.54, 1.807) is 12.1 Å². The van der Waals surface area contributed by atoms with Gasteiger partial charge in [-0.15, -0.1) is 0 Å². The zero-order valence-electron chi connectivity index (χ0n) is 14.9. The Balaban J connectivity index is 1.55. The maximum atomic E-state index is 12.5. The largest absolute Gasteiger partial charge is 0.497 e. The van der Waals surface area contributed by atoms with Crippen molar-refractivity contribution in [3.8, 4) is 5.75 Å². The molecule has 142 valence electrons. The highest BCUT2D eigenvalue weighted by molar-refractivity contribution is 7.92. The van der Waals surface area contributed by atoms with Crippen molar-refractivity contribution in [1.29, 1.82) is 0 Å². The molecule has 1 amide bonds. The average Bonchev–Trinajstić information content (AvgIpc) is 3.10. The summed E-state index contributed by atoms with van der Waals surface area (Å²) in [4.78, 5) is 16.9. The van der Waals surface area contributed by atoms with Gasteiger partial charge in [0.15, 0.2) is 15.0 Å². The predicted molar refractivity (Wildman–Crippen MR) is 111 cm³/mol. The van der Waals surface area contributed by atoms with Gasteiger partial charge in [0, 0.05) is 5.39 Å². The second-order valence-corrected chi connectivity index (χ2v) is 9.16. The molecule has 0 spiro atoms. The molecule has 1 heterocycles. The number of nitrogens with zero attached hydrogens (tertiary/aromatic N) is 1. The van der Waals surface area contributed by atoms with Gasteiger partial charge in [-0.1, -0.05) is 41.7 Å². The van der Waals surface area contributed by atoms with Crippen LogP contribution >= 0.6 is 11.3 Å². The molecule has 0 aliphatic heterocycles. The molecule has 0 radical (unpaired) electrons. The van der Waals surface area contributed by atoms with Gasteiger partial charge in [0.05, 0.1) is 22.2 Å². The van der Waals surface area contributed by atoms with E-state index < -0.39 is 21.5 Å². The van der Waals surface area contributed by atoms with Crippen molar-refractivity contribution in [3.05, 3.63) is 60.7 Å². The van der Waals surface area contributed by atoms with E-state index in [2.05, 4.69) is 10.3 Å². The number of carbonyl (C=O) groups is 1. The first kappa shape index (κ1) is 18.4. The fourth-order valence-electron chi connectivity index (χ4n) is 2.91. The van der Waals surface area contributed by atoms with Gasteiger partial charge in [0.25, 0.3) is 0 Å². The van der Waals surface area contributed by atoms with Crippen LogP contribution in [0.1, 0.15) is 0 Å². The van der Waals surface area contributed by atoms with Crippen molar-refractivity contribution in [2.24, 2.45) is 0 Å². The van der Waals surface area contributed by atoms with Gasteiger partial charge in [-0.05, 0) is 35.7 Å². The summed E-state index contributed by atoms with van der Waals surface area (Å²) in [5, 5.41) is 5.03. The molecular weight excluding hydrogens is 396 g/mol. The summed E-state index contributed by atoms with van der Waals surface area (Å²) in [6.45, 7) is 0. The molecule has 1 N–H and O–H groups in total. The summed E-state index contributed by atoms with van der Waals surface area (Å²) < 4.78 is 30.9. The molecule has 0 unspecified atom stereocenters. The number of methoxy groups -OCH3 is 1. The van der Waals surface area contributed by atoms with Crippen molar-refractivity contribution in [2.75, 3.05) is 18.2 Å². The van der Waals surface area contributed by atoms with E-state index in [4.69, 9.17) is 4.74 Å². The quantitative estimate of drug-likeness (QED) is 0.538. The minimum Gasteiger partial charge on any atom is -0.497 e. The molecule has 4 rings (SSSR count). The van der Waals surface area contributed by atoms with E-state index in [9.17, 15) is 13.2 Å². The highest BCUT2D eigenvalue weighted by Crippen LogP contribution is 2.31. The Hall–Kier alpha value is -2.97. The number of amides is 1. The van der Waals surface area contributed by atoms with Crippen LogP contribution in [0.25, 0.3) is 21.0 Å². The lowest BCUT2D eigenvalue weighted by atomic mass is 10.1. The highest BCUT2D eigenvalue weighted by Gasteiger charge is 2.20. The van der Waals surface area contributed by atoms with Crippen LogP contribution in [0.3, 0.4) is 0 Å². The number of rotatable bonds is 5. The van der Waals surface area contributed by atoms with Crippen LogP contribution in [0.4, 0.5) is 5.13 Å². The topological polar surface area (TPSA) is 85.4 Å². The number of benzene rings is 3. The Morgan fingerprint density at radius 3 is 2.57 bits per heavy atom. The molecule has 0 saturated heterocycles. The number of anilines is 1. The van der Waals surface area contributed by atoms with Crippen LogP contribution < -0.4 is 10.1 Å². The Morgan fingerprint density at radius 1 is 1.07 bits per heavy atom. The molecule has 0 bridgehead atoms. The van der Waals surface area contributed by atoms with E-state index in [0.717, 1.165) is 21.0 Å². The van der Waals surface area contributed by atoms with Crippen LogP contribution in [-0.2, 0) is 14.6 Å². The van der Waals surface area contributed by atoms with Crippen molar-refractivity contribution in [1.82, 2.24) is 4.98 Å². The molecule has 0 saturated carbocycles. The smallest absolute Gasteiger partial charge is 0.241 e. The molecule has 0 aliphatic rings. The molecule has 8 heteroatoms. The third kappa shape index (κ3) is 3.56. The standard InChI is InChI=1S/C20H16N2O4S2/c1-26-14-7-9-15(10-8-14)28(24,25)12-18(23)21-20-22-19-16-5-3-2-4-13(16)6-11-17(19)27-20/h2-11H,12H2,1H3,(H,21,22,23). The van der Waals surface area contributed by atoms with Gasteiger partial charge in [0.2, 0.25) is 5.91 Å². The molecular formula is C20H16N2O4S2. The first-order chi connectivity index (χ1) is 13.5. The van der Waals surface area contributed by atoms with Gasteiger partial charge in [-0.25, -0.2) is 13.4 Å². The number of hydrogen-bond donors (Lipinski definition) is 1. The molecule has 0 atom stereocenters. The summed E-state index contributed by atoms with van der Waals surface area (Å²) in [6, 6.07) is 17.7. The second kappa shape index (κ2) is 7.21. The van der Waals surface area contributed by atoms with E-state index in [-0.39, 0.29) is 4.90 Å². The van der Waals surface area contributed by atoms with E-state index in [0.29, 0.717) is 10.9 Å². The first-order valence-corrected chi connectivity index (χ1v) is 10.9. The third-order valence-electron chi connectivity index (χ3n) is 4.27. The summed E-state index contributed by atoms with van der Waals surface area (Å²) in [5.41, 5.74) is 0.788. The van der Waals surface area contributed by atoms with Crippen LogP contribution in [0.5, 0.6) is 5.75 Å². The Kier molecular flexibility index (Phi) is 4.74. The maximum Gasteiger partial charge on any atom is 0.241 e. The van der Waals surface area contributed by atoms with E-state index in [1.807, 2.05) is 36.4 Å². The predicted octanol–water partition coefficient (Wildman–Crippen LogP) is 3.87. The number of thiazole rings is 1. The van der Waals surface area contributed by atoms with E-state index in [1.165, 1.54) is 30.6 Å². The zero-order valence-corrected chi connectivity index (χ0v) is 16.5. The first-order valence-electron chi connectivity index (χ1n) is 8.41. The fraction of sp³-hybridized carbons (Fsp3) is 0.100. The summed E-state index contributed by atoms with van der Waals surface area (Å²) in [6.07, 6.45) is 0. The monoisotopic (exact) mass is 412 g/mol. The minimum absolute atomic E-state index is 0.0683. The zero-order chi connectivity index (χ0) is 19.7.